The lowest BCUT2D eigenvalue weighted by atomic mass is 9.79. The molecule has 1 aromatic carbocycles. The number of nitrogens with zero attached hydrogens (tertiary/aromatic N) is 2. The van der Waals surface area contributed by atoms with Crippen molar-refractivity contribution in [3.8, 4) is 0 Å². The maximum Gasteiger partial charge on any atom is 0.228 e. The van der Waals surface area contributed by atoms with Crippen LogP contribution in [0.2, 0.25) is 0 Å². The first-order valence-corrected chi connectivity index (χ1v) is 8.39. The molecule has 138 valence electrons. The minimum Gasteiger partial charge on any atom is -0.342 e. The van der Waals surface area contributed by atoms with E-state index in [1.807, 2.05) is 4.90 Å². The molecule has 2 N–H and O–H groups in total. The molecule has 2 fully saturated rings. The summed E-state index contributed by atoms with van der Waals surface area (Å²) in [7, 11) is 0. The zero-order valence-electron chi connectivity index (χ0n) is 14.6. The monoisotopic (exact) mass is 369 g/mol. The van der Waals surface area contributed by atoms with Crippen molar-refractivity contribution in [1.29, 1.82) is 0 Å². The molecule has 2 heterocycles. The fourth-order valence-corrected chi connectivity index (χ4v) is 3.60. The Hall–Kier alpha value is -1.66. The standard InChI is InChI=1S/C18H24FN3O2.ClH/c1-18(2)11-21(8-7-15(18)20)17(24)12-9-16(23)22(10-12)14-6-4-3-5-13(14)19;/h3-6,12,15H,7-11,20H2,1-2H3;1H. The zero-order valence-corrected chi connectivity index (χ0v) is 15.4. The lowest BCUT2D eigenvalue weighted by Crippen LogP contribution is -2.55. The molecule has 2 atom stereocenters. The van der Waals surface area contributed by atoms with E-state index in [2.05, 4.69) is 13.8 Å². The van der Waals surface area contributed by atoms with Crippen LogP contribution in [0.1, 0.15) is 26.7 Å². The molecule has 0 aliphatic carbocycles. The number of carbonyl (C=O) groups is 2. The molecule has 5 nitrogen and oxygen atoms in total. The maximum atomic E-state index is 13.9. The number of halogens is 2. The summed E-state index contributed by atoms with van der Waals surface area (Å²) in [5.41, 5.74) is 6.23. The predicted molar refractivity (Wildman–Crippen MR) is 97.1 cm³/mol. The van der Waals surface area contributed by atoms with E-state index in [4.69, 9.17) is 5.73 Å². The Bertz CT molecular complexity index is 667. The number of benzene rings is 1. The minimum atomic E-state index is -0.441. The largest absolute Gasteiger partial charge is 0.342 e. The molecule has 7 heteroatoms. The number of hydrogen-bond donors (Lipinski definition) is 1. The van der Waals surface area contributed by atoms with Gasteiger partial charge in [-0.25, -0.2) is 4.39 Å². The van der Waals surface area contributed by atoms with Crippen LogP contribution in [-0.2, 0) is 9.59 Å². The van der Waals surface area contributed by atoms with Crippen molar-refractivity contribution in [3.05, 3.63) is 30.1 Å². The quantitative estimate of drug-likeness (QED) is 0.868. The number of para-hydroxylation sites is 1. The van der Waals surface area contributed by atoms with Gasteiger partial charge < -0.3 is 15.5 Å². The van der Waals surface area contributed by atoms with Crippen LogP contribution in [0.4, 0.5) is 10.1 Å². The second kappa shape index (κ2) is 7.30. The van der Waals surface area contributed by atoms with Gasteiger partial charge in [-0.1, -0.05) is 26.0 Å². The molecule has 2 amide bonds. The summed E-state index contributed by atoms with van der Waals surface area (Å²) in [6.45, 7) is 5.57. The summed E-state index contributed by atoms with van der Waals surface area (Å²) in [6.07, 6.45) is 0.895. The van der Waals surface area contributed by atoms with Gasteiger partial charge in [-0.15, -0.1) is 12.4 Å². The van der Waals surface area contributed by atoms with E-state index < -0.39 is 11.7 Å². The molecule has 3 rings (SSSR count). The number of rotatable bonds is 2. The Morgan fingerprint density at radius 2 is 2.00 bits per heavy atom. The Morgan fingerprint density at radius 3 is 2.64 bits per heavy atom. The van der Waals surface area contributed by atoms with Gasteiger partial charge in [0, 0.05) is 32.1 Å². The van der Waals surface area contributed by atoms with Gasteiger partial charge in [0.1, 0.15) is 5.82 Å². The first-order chi connectivity index (χ1) is 11.3. The van der Waals surface area contributed by atoms with Crippen LogP contribution in [-0.4, -0.2) is 42.4 Å². The summed E-state index contributed by atoms with van der Waals surface area (Å²) >= 11 is 0. The normalized spacial score (nSPS) is 25.7. The second-order valence-corrected chi connectivity index (χ2v) is 7.50. The molecule has 2 aliphatic rings. The van der Waals surface area contributed by atoms with Gasteiger partial charge >= 0.3 is 0 Å². The van der Waals surface area contributed by atoms with Crippen molar-refractivity contribution >= 4 is 29.9 Å². The molecule has 2 unspecified atom stereocenters. The summed E-state index contributed by atoms with van der Waals surface area (Å²) in [6, 6.07) is 6.24. The van der Waals surface area contributed by atoms with Gasteiger partial charge in [-0.2, -0.15) is 0 Å². The van der Waals surface area contributed by atoms with Crippen LogP contribution >= 0.6 is 12.4 Å². The third kappa shape index (κ3) is 3.80. The van der Waals surface area contributed by atoms with E-state index in [1.165, 1.54) is 11.0 Å². The van der Waals surface area contributed by atoms with Crippen LogP contribution in [0.3, 0.4) is 0 Å². The predicted octanol–water partition coefficient (Wildman–Crippen LogP) is 2.19. The van der Waals surface area contributed by atoms with E-state index in [0.717, 1.165) is 6.42 Å². The van der Waals surface area contributed by atoms with E-state index >= 15 is 0 Å². The van der Waals surface area contributed by atoms with Gasteiger partial charge in [-0.05, 0) is 24.0 Å². The third-order valence-corrected chi connectivity index (χ3v) is 5.24. The third-order valence-electron chi connectivity index (χ3n) is 5.24. The summed E-state index contributed by atoms with van der Waals surface area (Å²) in [5, 5.41) is 0. The highest BCUT2D eigenvalue weighted by Gasteiger charge is 2.41. The second-order valence-electron chi connectivity index (χ2n) is 7.50. The van der Waals surface area contributed by atoms with Crippen molar-refractivity contribution in [2.45, 2.75) is 32.7 Å². The van der Waals surface area contributed by atoms with Crippen molar-refractivity contribution < 1.29 is 14.0 Å². The van der Waals surface area contributed by atoms with Gasteiger partial charge in [0.25, 0.3) is 0 Å². The number of likely N-dealkylation sites (tertiary alicyclic amines) is 1. The summed E-state index contributed by atoms with van der Waals surface area (Å²) in [5.74, 6) is -1.08. The van der Waals surface area contributed by atoms with E-state index in [-0.39, 0.29) is 54.3 Å². The maximum absolute atomic E-state index is 13.9. The number of piperidine rings is 1. The van der Waals surface area contributed by atoms with Gasteiger partial charge in [0.05, 0.1) is 11.6 Å². The minimum absolute atomic E-state index is 0. The fraction of sp³-hybridized carbons (Fsp3) is 0.556. The van der Waals surface area contributed by atoms with Crippen molar-refractivity contribution in [3.63, 3.8) is 0 Å². The molecule has 0 radical (unpaired) electrons. The average Bonchev–Trinajstić information content (AvgIpc) is 2.91. The number of carbonyl (C=O) groups excluding carboxylic acids is 2. The van der Waals surface area contributed by atoms with Crippen LogP contribution in [0.25, 0.3) is 0 Å². The van der Waals surface area contributed by atoms with Gasteiger partial charge in [0.15, 0.2) is 0 Å². The van der Waals surface area contributed by atoms with Crippen LogP contribution in [0.5, 0.6) is 0 Å². The first-order valence-electron chi connectivity index (χ1n) is 8.39. The molecule has 0 bridgehead atoms. The van der Waals surface area contributed by atoms with Crippen molar-refractivity contribution in [1.82, 2.24) is 4.90 Å². The van der Waals surface area contributed by atoms with E-state index in [0.29, 0.717) is 13.1 Å². The molecule has 0 aromatic heterocycles. The molecule has 0 spiro atoms. The molecule has 2 aliphatic heterocycles. The van der Waals surface area contributed by atoms with Crippen molar-refractivity contribution in [2.24, 2.45) is 17.1 Å². The van der Waals surface area contributed by atoms with E-state index in [9.17, 15) is 14.0 Å². The molecule has 1 aromatic rings. The smallest absolute Gasteiger partial charge is 0.228 e. The van der Waals surface area contributed by atoms with Crippen LogP contribution < -0.4 is 10.6 Å². The number of anilines is 1. The Labute approximate surface area is 153 Å². The number of hydrogen-bond acceptors (Lipinski definition) is 3. The van der Waals surface area contributed by atoms with Gasteiger partial charge in [0.2, 0.25) is 11.8 Å². The summed E-state index contributed by atoms with van der Waals surface area (Å²) < 4.78 is 13.9. The van der Waals surface area contributed by atoms with E-state index in [1.54, 1.807) is 18.2 Å². The van der Waals surface area contributed by atoms with Crippen molar-refractivity contribution in [2.75, 3.05) is 24.5 Å². The van der Waals surface area contributed by atoms with Gasteiger partial charge in [-0.3, -0.25) is 9.59 Å². The molecular weight excluding hydrogens is 345 g/mol. The topological polar surface area (TPSA) is 66.6 Å². The molecule has 2 saturated heterocycles. The highest BCUT2D eigenvalue weighted by molar-refractivity contribution is 6.00. The highest BCUT2D eigenvalue weighted by atomic mass is 35.5. The number of amides is 2. The van der Waals surface area contributed by atoms with Crippen LogP contribution in [0.15, 0.2) is 24.3 Å². The fourth-order valence-electron chi connectivity index (χ4n) is 3.60. The zero-order chi connectivity index (χ0) is 17.5. The Kier molecular flexibility index (Phi) is 5.74. The number of nitrogens with two attached hydrogens (primary N) is 1. The summed E-state index contributed by atoms with van der Waals surface area (Å²) in [4.78, 5) is 28.3. The lowest BCUT2D eigenvalue weighted by Gasteiger charge is -2.43. The highest BCUT2D eigenvalue weighted by Crippen LogP contribution is 2.32. The molecule has 0 saturated carbocycles. The lowest BCUT2D eigenvalue weighted by molar-refractivity contribution is -0.139. The molecule has 25 heavy (non-hydrogen) atoms. The van der Waals surface area contributed by atoms with Crippen LogP contribution in [0, 0.1) is 17.2 Å². The Morgan fingerprint density at radius 1 is 1.32 bits per heavy atom. The average molecular weight is 370 g/mol. The molecular formula is C18H25ClFN3O2. The SMILES string of the molecule is CC1(C)CN(C(=O)C2CC(=O)N(c3ccccc3F)C2)CCC1N.Cl. The Balaban J connectivity index is 0.00000225. The first kappa shape index (κ1) is 19.7.